The van der Waals surface area contributed by atoms with E-state index in [4.69, 9.17) is 19.0 Å². The Labute approximate surface area is 242 Å². The maximum absolute atomic E-state index is 12.4. The molecule has 0 unspecified atom stereocenters. The van der Waals surface area contributed by atoms with Gasteiger partial charge in [-0.1, -0.05) is 70.5 Å². The van der Waals surface area contributed by atoms with E-state index in [1.54, 1.807) is 7.11 Å². The number of benzene rings is 2. The van der Waals surface area contributed by atoms with Crippen LogP contribution in [-0.2, 0) is 20.7 Å². The van der Waals surface area contributed by atoms with Gasteiger partial charge in [0.15, 0.2) is 0 Å². The SMILES string of the molecule is C=O.CC.CNCCOC.Cc1ccc(-c2ccc3c(c2)CCC2(CCN(C(=O)OCC(C)(C)C)CC2)O3)cc1. The number of rotatable bonds is 5. The van der Waals surface area contributed by atoms with Crippen LogP contribution in [0.4, 0.5) is 4.79 Å². The molecule has 2 aromatic rings. The number of fused-ring (bicyclic) bond motifs is 1. The van der Waals surface area contributed by atoms with E-state index in [0.29, 0.717) is 19.7 Å². The van der Waals surface area contributed by atoms with Gasteiger partial charge in [-0.3, -0.25) is 0 Å². The summed E-state index contributed by atoms with van der Waals surface area (Å²) in [5.74, 6) is 1.00. The van der Waals surface area contributed by atoms with E-state index in [-0.39, 0.29) is 17.1 Å². The first-order chi connectivity index (χ1) is 19.1. The van der Waals surface area contributed by atoms with Crippen molar-refractivity contribution in [3.8, 4) is 16.9 Å². The molecule has 40 heavy (non-hydrogen) atoms. The molecule has 224 valence electrons. The second kappa shape index (κ2) is 17.7. The van der Waals surface area contributed by atoms with Crippen LogP contribution in [0.25, 0.3) is 11.1 Å². The van der Waals surface area contributed by atoms with Gasteiger partial charge in [-0.25, -0.2) is 4.79 Å². The van der Waals surface area contributed by atoms with Gasteiger partial charge in [0.1, 0.15) is 18.1 Å². The molecule has 0 atom stereocenters. The number of likely N-dealkylation sites (N-methyl/N-ethyl adjacent to an activating group) is 1. The number of methoxy groups -OCH3 is 1. The molecular weight excluding hydrogens is 504 g/mol. The van der Waals surface area contributed by atoms with Crippen molar-refractivity contribution in [3.63, 3.8) is 0 Å². The Morgan fingerprint density at radius 3 is 2.15 bits per heavy atom. The maximum Gasteiger partial charge on any atom is 0.409 e. The predicted molar refractivity (Wildman–Crippen MR) is 164 cm³/mol. The smallest absolute Gasteiger partial charge is 0.409 e. The molecule has 1 amide bonds. The first-order valence-electron chi connectivity index (χ1n) is 14.4. The average molecular weight is 557 g/mol. The second-order valence-corrected chi connectivity index (χ2v) is 11.2. The summed E-state index contributed by atoms with van der Waals surface area (Å²) in [6.45, 7) is 17.9. The van der Waals surface area contributed by atoms with E-state index >= 15 is 0 Å². The fourth-order valence-electron chi connectivity index (χ4n) is 4.47. The number of ether oxygens (including phenoxy) is 3. The lowest BCUT2D eigenvalue weighted by Gasteiger charge is -2.44. The topological polar surface area (TPSA) is 77.1 Å². The number of nitrogens with zero attached hydrogens (tertiary/aromatic N) is 1. The molecule has 2 aliphatic heterocycles. The number of likely N-dealkylation sites (tertiary alicyclic amines) is 1. The average Bonchev–Trinajstić information content (AvgIpc) is 2.97. The van der Waals surface area contributed by atoms with E-state index in [1.807, 2.05) is 32.6 Å². The van der Waals surface area contributed by atoms with Crippen LogP contribution in [-0.4, -0.2) is 70.4 Å². The molecule has 0 saturated carbocycles. The normalized spacial score (nSPS) is 15.1. The molecule has 0 bridgehead atoms. The number of carbonyl (C=O) groups is 2. The molecular formula is C33H52N2O5. The van der Waals surface area contributed by atoms with Gasteiger partial charge in [0.05, 0.1) is 13.2 Å². The van der Waals surface area contributed by atoms with Crippen molar-refractivity contribution >= 4 is 12.9 Å². The summed E-state index contributed by atoms with van der Waals surface area (Å²) in [5, 5.41) is 2.94. The molecule has 1 N–H and O–H groups in total. The Kier molecular flexibility index (Phi) is 15.6. The predicted octanol–water partition coefficient (Wildman–Crippen LogP) is 6.70. The zero-order valence-corrected chi connectivity index (χ0v) is 26.1. The Hall–Kier alpha value is -2.90. The minimum Gasteiger partial charge on any atom is -0.487 e. The molecule has 7 heteroatoms. The van der Waals surface area contributed by atoms with Crippen LogP contribution in [0.3, 0.4) is 0 Å². The van der Waals surface area contributed by atoms with Gasteiger partial charge in [-0.15, -0.1) is 0 Å². The summed E-state index contributed by atoms with van der Waals surface area (Å²) < 4.78 is 16.7. The van der Waals surface area contributed by atoms with Gasteiger partial charge < -0.3 is 29.2 Å². The number of piperidine rings is 1. The Balaban J connectivity index is 0.000000700. The highest BCUT2D eigenvalue weighted by Gasteiger charge is 2.41. The Bertz CT molecular complexity index is 989. The molecule has 0 aromatic heterocycles. The van der Waals surface area contributed by atoms with Crippen molar-refractivity contribution in [2.75, 3.05) is 47.0 Å². The quantitative estimate of drug-likeness (QED) is 0.413. The molecule has 2 heterocycles. The van der Waals surface area contributed by atoms with Crippen molar-refractivity contribution in [2.24, 2.45) is 5.41 Å². The molecule has 0 radical (unpaired) electrons. The van der Waals surface area contributed by atoms with E-state index in [2.05, 4.69) is 75.5 Å². The van der Waals surface area contributed by atoms with Crippen LogP contribution in [0, 0.1) is 12.3 Å². The summed E-state index contributed by atoms with van der Waals surface area (Å²) in [4.78, 5) is 22.2. The summed E-state index contributed by atoms with van der Waals surface area (Å²) in [6, 6.07) is 15.2. The van der Waals surface area contributed by atoms with Gasteiger partial charge in [-0.2, -0.15) is 0 Å². The summed E-state index contributed by atoms with van der Waals surface area (Å²) in [6.07, 6.45) is 3.54. The van der Waals surface area contributed by atoms with E-state index < -0.39 is 0 Å². The first-order valence-corrected chi connectivity index (χ1v) is 14.4. The minimum atomic E-state index is -0.196. The van der Waals surface area contributed by atoms with Crippen LogP contribution >= 0.6 is 0 Å². The zero-order chi connectivity index (χ0) is 30.2. The van der Waals surface area contributed by atoms with Gasteiger partial charge in [0, 0.05) is 39.6 Å². The first kappa shape index (κ1) is 35.1. The largest absolute Gasteiger partial charge is 0.487 e. The molecule has 1 spiro atoms. The van der Waals surface area contributed by atoms with E-state index in [1.165, 1.54) is 22.3 Å². The van der Waals surface area contributed by atoms with Crippen LogP contribution in [0.15, 0.2) is 42.5 Å². The van der Waals surface area contributed by atoms with Gasteiger partial charge in [0.2, 0.25) is 0 Å². The molecule has 2 aromatic carbocycles. The summed E-state index contributed by atoms with van der Waals surface area (Å²) in [7, 11) is 3.59. The van der Waals surface area contributed by atoms with Crippen LogP contribution in [0.1, 0.15) is 65.0 Å². The zero-order valence-electron chi connectivity index (χ0n) is 26.1. The van der Waals surface area contributed by atoms with E-state index in [9.17, 15) is 4.79 Å². The highest BCUT2D eigenvalue weighted by Crippen LogP contribution is 2.41. The summed E-state index contributed by atoms with van der Waals surface area (Å²) >= 11 is 0. The number of hydrogen-bond acceptors (Lipinski definition) is 6. The van der Waals surface area contributed by atoms with E-state index in [0.717, 1.165) is 44.6 Å². The van der Waals surface area contributed by atoms with Gasteiger partial charge in [-0.05, 0) is 61.1 Å². The highest BCUT2D eigenvalue weighted by molar-refractivity contribution is 5.68. The number of nitrogens with one attached hydrogen (secondary N) is 1. The third-order valence-electron chi connectivity index (χ3n) is 6.74. The molecule has 7 nitrogen and oxygen atoms in total. The second-order valence-electron chi connectivity index (χ2n) is 11.2. The molecule has 0 aliphatic carbocycles. The van der Waals surface area contributed by atoms with Crippen molar-refractivity contribution in [3.05, 3.63) is 53.6 Å². The number of aryl methyl sites for hydroxylation is 2. The monoisotopic (exact) mass is 556 g/mol. The van der Waals surface area contributed by atoms with Crippen molar-refractivity contribution in [1.29, 1.82) is 0 Å². The van der Waals surface area contributed by atoms with Gasteiger partial charge >= 0.3 is 6.09 Å². The van der Waals surface area contributed by atoms with Crippen molar-refractivity contribution < 1.29 is 23.8 Å². The van der Waals surface area contributed by atoms with Gasteiger partial charge in [0.25, 0.3) is 0 Å². The Morgan fingerprint density at radius 2 is 1.62 bits per heavy atom. The number of amides is 1. The third-order valence-corrected chi connectivity index (χ3v) is 6.74. The standard InChI is InChI=1S/C26H33NO3.C4H11NO.C2H6.CH2O/c1-19-5-7-20(8-6-19)21-9-10-23-22(17-21)11-12-26(30-23)13-15-27(16-14-26)24(28)29-18-25(2,3)4;1-5-3-4-6-2;2*1-2/h5-10,17H,11-16,18H2,1-4H3;5H,3-4H2,1-2H3;1-2H3;1H2. The lowest BCUT2D eigenvalue weighted by Crippen LogP contribution is -2.51. The summed E-state index contributed by atoms with van der Waals surface area (Å²) in [5.41, 5.74) is 4.87. The molecule has 1 saturated heterocycles. The lowest BCUT2D eigenvalue weighted by molar-refractivity contribution is -0.0980. The fourth-order valence-corrected chi connectivity index (χ4v) is 4.47. The minimum absolute atomic E-state index is 0.0136. The Morgan fingerprint density at radius 1 is 1.02 bits per heavy atom. The number of carbonyl (C=O) groups excluding carboxylic acids is 2. The third kappa shape index (κ3) is 11.3. The van der Waals surface area contributed by atoms with Crippen molar-refractivity contribution in [2.45, 2.75) is 72.8 Å². The lowest BCUT2D eigenvalue weighted by atomic mass is 9.82. The maximum atomic E-state index is 12.4. The molecule has 1 fully saturated rings. The highest BCUT2D eigenvalue weighted by atomic mass is 16.6. The van der Waals surface area contributed by atoms with Crippen LogP contribution in [0.5, 0.6) is 5.75 Å². The molecule has 4 rings (SSSR count). The number of hydrogen-bond donors (Lipinski definition) is 1. The fraction of sp³-hybridized carbons (Fsp3) is 0.576. The van der Waals surface area contributed by atoms with Crippen LogP contribution < -0.4 is 10.1 Å². The van der Waals surface area contributed by atoms with Crippen molar-refractivity contribution in [1.82, 2.24) is 10.2 Å². The molecule has 2 aliphatic rings. The van der Waals surface area contributed by atoms with Crippen LogP contribution in [0.2, 0.25) is 0 Å².